The lowest BCUT2D eigenvalue weighted by atomic mass is 9.93. The second-order valence-corrected chi connectivity index (χ2v) is 8.31. The molecular formula is C16H26BrNS. The SMILES string of the molecule is CCCCCCC(C)NC1CCCc2sc(Br)cc21. The fraction of sp³-hybridized carbons (Fsp3) is 0.750. The Morgan fingerprint density at radius 3 is 3.05 bits per heavy atom. The summed E-state index contributed by atoms with van der Waals surface area (Å²) in [4.78, 5) is 1.59. The molecule has 2 unspecified atom stereocenters. The zero-order chi connectivity index (χ0) is 13.7. The van der Waals surface area contributed by atoms with Gasteiger partial charge >= 0.3 is 0 Å². The van der Waals surface area contributed by atoms with Gasteiger partial charge in [0, 0.05) is 17.0 Å². The number of rotatable bonds is 7. The highest BCUT2D eigenvalue weighted by molar-refractivity contribution is 9.11. The number of hydrogen-bond acceptors (Lipinski definition) is 2. The lowest BCUT2D eigenvalue weighted by molar-refractivity contribution is 0.388. The second kappa shape index (κ2) is 7.80. The van der Waals surface area contributed by atoms with E-state index in [1.54, 1.807) is 10.4 Å². The number of unbranched alkanes of at least 4 members (excludes halogenated alkanes) is 3. The van der Waals surface area contributed by atoms with E-state index in [1.165, 1.54) is 55.2 Å². The van der Waals surface area contributed by atoms with Gasteiger partial charge in [0.15, 0.2) is 0 Å². The quantitative estimate of drug-likeness (QED) is 0.613. The molecule has 0 saturated carbocycles. The van der Waals surface area contributed by atoms with Crippen molar-refractivity contribution < 1.29 is 0 Å². The summed E-state index contributed by atoms with van der Waals surface area (Å²) in [5.74, 6) is 0. The van der Waals surface area contributed by atoms with Crippen molar-refractivity contribution in [3.05, 3.63) is 20.3 Å². The van der Waals surface area contributed by atoms with Crippen LogP contribution < -0.4 is 5.32 Å². The van der Waals surface area contributed by atoms with Gasteiger partial charge in [0.25, 0.3) is 0 Å². The molecule has 1 aliphatic rings. The van der Waals surface area contributed by atoms with Crippen LogP contribution in [-0.2, 0) is 6.42 Å². The molecule has 1 heterocycles. The first-order valence-corrected chi connectivity index (χ1v) is 9.35. The zero-order valence-corrected chi connectivity index (χ0v) is 14.6. The maximum Gasteiger partial charge on any atom is 0.0704 e. The monoisotopic (exact) mass is 343 g/mol. The molecule has 1 nitrogen and oxygen atoms in total. The molecule has 108 valence electrons. The van der Waals surface area contributed by atoms with Gasteiger partial charge in [-0.15, -0.1) is 11.3 Å². The van der Waals surface area contributed by atoms with Crippen molar-refractivity contribution in [3.63, 3.8) is 0 Å². The van der Waals surface area contributed by atoms with Gasteiger partial charge in [-0.25, -0.2) is 0 Å². The first kappa shape index (κ1) is 15.5. The van der Waals surface area contributed by atoms with Crippen LogP contribution in [0.15, 0.2) is 9.85 Å². The molecule has 1 N–H and O–H groups in total. The highest BCUT2D eigenvalue weighted by Gasteiger charge is 2.23. The van der Waals surface area contributed by atoms with Crippen molar-refractivity contribution in [3.8, 4) is 0 Å². The third-order valence-corrected chi connectivity index (χ3v) is 5.77. The van der Waals surface area contributed by atoms with E-state index in [2.05, 4.69) is 41.2 Å². The third kappa shape index (κ3) is 4.57. The fourth-order valence-corrected chi connectivity index (χ4v) is 4.82. The Morgan fingerprint density at radius 1 is 1.42 bits per heavy atom. The smallest absolute Gasteiger partial charge is 0.0704 e. The van der Waals surface area contributed by atoms with E-state index >= 15 is 0 Å². The van der Waals surface area contributed by atoms with Gasteiger partial charge in [-0.05, 0) is 60.2 Å². The Bertz CT molecular complexity index is 388. The molecule has 0 aromatic carbocycles. The summed E-state index contributed by atoms with van der Waals surface area (Å²) in [5, 5.41) is 3.85. The van der Waals surface area contributed by atoms with Gasteiger partial charge < -0.3 is 5.32 Å². The summed E-state index contributed by atoms with van der Waals surface area (Å²) < 4.78 is 1.29. The number of nitrogens with one attached hydrogen (secondary N) is 1. The number of thiophene rings is 1. The molecule has 3 heteroatoms. The van der Waals surface area contributed by atoms with Crippen molar-refractivity contribution in [1.29, 1.82) is 0 Å². The van der Waals surface area contributed by atoms with E-state index < -0.39 is 0 Å². The molecule has 0 amide bonds. The molecule has 0 bridgehead atoms. The Kier molecular flexibility index (Phi) is 6.37. The minimum absolute atomic E-state index is 0.590. The third-order valence-electron chi connectivity index (χ3n) is 4.06. The van der Waals surface area contributed by atoms with E-state index in [4.69, 9.17) is 0 Å². The first-order chi connectivity index (χ1) is 9.20. The first-order valence-electron chi connectivity index (χ1n) is 7.75. The van der Waals surface area contributed by atoms with Gasteiger partial charge in [0.05, 0.1) is 3.79 Å². The number of fused-ring (bicyclic) bond motifs is 1. The summed E-state index contributed by atoms with van der Waals surface area (Å²) in [7, 11) is 0. The van der Waals surface area contributed by atoms with Gasteiger partial charge in [0.1, 0.15) is 0 Å². The molecule has 0 fully saturated rings. The molecule has 0 radical (unpaired) electrons. The Morgan fingerprint density at radius 2 is 2.26 bits per heavy atom. The number of halogens is 1. The van der Waals surface area contributed by atoms with E-state index in [1.807, 2.05) is 11.3 Å². The molecule has 1 aromatic heterocycles. The molecule has 0 spiro atoms. The van der Waals surface area contributed by atoms with Crippen LogP contribution in [-0.4, -0.2) is 6.04 Å². The van der Waals surface area contributed by atoms with E-state index in [9.17, 15) is 0 Å². The largest absolute Gasteiger partial charge is 0.307 e. The molecule has 1 aromatic rings. The predicted octanol–water partition coefficient (Wildman–Crippen LogP) is 5.84. The maximum atomic E-state index is 3.85. The zero-order valence-electron chi connectivity index (χ0n) is 12.2. The Balaban J connectivity index is 1.82. The molecule has 0 saturated heterocycles. The van der Waals surface area contributed by atoms with E-state index in [0.29, 0.717) is 12.1 Å². The van der Waals surface area contributed by atoms with Gasteiger partial charge in [-0.3, -0.25) is 0 Å². The van der Waals surface area contributed by atoms with Crippen LogP contribution in [0.25, 0.3) is 0 Å². The molecule has 0 aliphatic heterocycles. The molecule has 1 aliphatic carbocycles. The summed E-state index contributed by atoms with van der Waals surface area (Å²) in [6.45, 7) is 4.63. The van der Waals surface area contributed by atoms with Gasteiger partial charge in [-0.1, -0.05) is 32.6 Å². The molecule has 19 heavy (non-hydrogen) atoms. The van der Waals surface area contributed by atoms with Crippen LogP contribution in [0.5, 0.6) is 0 Å². The molecule has 2 atom stereocenters. The standard InChI is InChI=1S/C16H26BrNS/c1-3-4-5-6-8-12(2)18-14-9-7-10-15-13(14)11-16(17)19-15/h11-12,14,18H,3-10H2,1-2H3. The van der Waals surface area contributed by atoms with Crippen molar-refractivity contribution in [2.45, 2.75) is 77.3 Å². The van der Waals surface area contributed by atoms with Crippen molar-refractivity contribution in [2.75, 3.05) is 0 Å². The summed E-state index contributed by atoms with van der Waals surface area (Å²) >= 11 is 5.56. The van der Waals surface area contributed by atoms with Gasteiger partial charge in [0.2, 0.25) is 0 Å². The van der Waals surface area contributed by atoms with Crippen molar-refractivity contribution in [1.82, 2.24) is 5.32 Å². The number of hydrogen-bond donors (Lipinski definition) is 1. The minimum atomic E-state index is 0.590. The Hall–Kier alpha value is 0.140. The normalized spacial score (nSPS) is 20.3. The topological polar surface area (TPSA) is 12.0 Å². The van der Waals surface area contributed by atoms with Crippen LogP contribution in [0.4, 0.5) is 0 Å². The second-order valence-electron chi connectivity index (χ2n) is 5.79. The summed E-state index contributed by atoms with van der Waals surface area (Å²) in [6, 6.07) is 3.57. The van der Waals surface area contributed by atoms with Crippen molar-refractivity contribution >= 4 is 27.3 Å². The average molecular weight is 344 g/mol. The number of aryl methyl sites for hydroxylation is 1. The van der Waals surface area contributed by atoms with E-state index in [0.717, 1.165) is 0 Å². The van der Waals surface area contributed by atoms with Crippen LogP contribution in [0.1, 0.15) is 75.3 Å². The van der Waals surface area contributed by atoms with Crippen molar-refractivity contribution in [2.24, 2.45) is 0 Å². The molecule has 2 rings (SSSR count). The maximum absolute atomic E-state index is 3.85. The average Bonchev–Trinajstić information content (AvgIpc) is 2.76. The summed E-state index contributed by atoms with van der Waals surface area (Å²) in [6.07, 6.45) is 10.7. The lowest BCUT2D eigenvalue weighted by Crippen LogP contribution is -2.32. The van der Waals surface area contributed by atoms with Gasteiger partial charge in [-0.2, -0.15) is 0 Å². The minimum Gasteiger partial charge on any atom is -0.307 e. The highest BCUT2D eigenvalue weighted by atomic mass is 79.9. The lowest BCUT2D eigenvalue weighted by Gasteiger charge is -2.27. The van der Waals surface area contributed by atoms with Crippen LogP contribution in [0, 0.1) is 0 Å². The summed E-state index contributed by atoms with van der Waals surface area (Å²) in [5.41, 5.74) is 1.56. The van der Waals surface area contributed by atoms with Crippen LogP contribution >= 0.6 is 27.3 Å². The van der Waals surface area contributed by atoms with Crippen LogP contribution in [0.3, 0.4) is 0 Å². The predicted molar refractivity (Wildman–Crippen MR) is 89.1 cm³/mol. The van der Waals surface area contributed by atoms with E-state index in [-0.39, 0.29) is 0 Å². The molecular weight excluding hydrogens is 318 g/mol. The highest BCUT2D eigenvalue weighted by Crippen LogP contribution is 2.38. The fourth-order valence-electron chi connectivity index (χ4n) is 3.00. The van der Waals surface area contributed by atoms with Crippen LogP contribution in [0.2, 0.25) is 0 Å². The Labute approximate surface area is 130 Å².